The minimum Gasteiger partial charge on any atom is -0.307 e. The first-order chi connectivity index (χ1) is 19.7. The van der Waals surface area contributed by atoms with Crippen LogP contribution in [0.1, 0.15) is 77.5 Å². The van der Waals surface area contributed by atoms with Crippen molar-refractivity contribution in [3.05, 3.63) is 70.0 Å². The molecule has 0 atom stereocenters. The topological polar surface area (TPSA) is 85.2 Å². The molecule has 1 aliphatic heterocycles. The Morgan fingerprint density at radius 3 is 2.43 bits per heavy atom. The zero-order chi connectivity index (χ0) is 30.1. The lowest BCUT2D eigenvalue weighted by atomic mass is 9.62. The molecular formula is C28H28F6N6O2. The van der Waals surface area contributed by atoms with Gasteiger partial charge in [0.15, 0.2) is 5.82 Å². The molecule has 0 bridgehead atoms. The molecule has 3 aliphatic rings. The number of benzene rings is 2. The normalized spacial score (nSPS) is 23.5. The number of carbonyl (C=O) groups excluding carboxylic acids is 1. The predicted octanol–water partition coefficient (Wildman–Crippen LogP) is 5.41. The van der Waals surface area contributed by atoms with E-state index in [4.69, 9.17) is 0 Å². The summed E-state index contributed by atoms with van der Waals surface area (Å²) in [6, 6.07) is 9.11. The average molecular weight is 595 g/mol. The van der Waals surface area contributed by atoms with E-state index in [-0.39, 0.29) is 42.6 Å². The molecule has 0 radical (unpaired) electrons. The van der Waals surface area contributed by atoms with Gasteiger partial charge in [-0.15, -0.1) is 18.3 Å². The Bertz CT molecular complexity index is 1520. The van der Waals surface area contributed by atoms with E-state index >= 15 is 0 Å². The standard InChI is InChI=1S/C28H28F6N6O2/c1-25(7-4-8-25)35-14-16-9-20-21(22(10-16)27(29,30)31)15-40(23(20)41)18-6-3-5-17(11-18)26(24-36-37-38-39(24)2)12-19(13-26)42-28(32,33)34/h3,5-6,9-11,19,35H,4,7-8,12-15H2,1-2H3. The van der Waals surface area contributed by atoms with E-state index in [2.05, 4.69) is 25.6 Å². The molecular weight excluding hydrogens is 566 g/mol. The third-order valence-electron chi connectivity index (χ3n) is 8.79. The van der Waals surface area contributed by atoms with E-state index in [1.54, 1.807) is 31.3 Å². The summed E-state index contributed by atoms with van der Waals surface area (Å²) in [5.74, 6) is -0.264. The summed E-state index contributed by atoms with van der Waals surface area (Å²) in [4.78, 5) is 14.9. The van der Waals surface area contributed by atoms with Crippen LogP contribution in [-0.2, 0) is 36.5 Å². The number of tetrazole rings is 1. The molecule has 42 heavy (non-hydrogen) atoms. The fourth-order valence-electron chi connectivity index (χ4n) is 6.37. The van der Waals surface area contributed by atoms with Gasteiger partial charge in [0, 0.05) is 30.4 Å². The Morgan fingerprint density at radius 1 is 1.10 bits per heavy atom. The number of amides is 1. The van der Waals surface area contributed by atoms with E-state index < -0.39 is 35.5 Å². The average Bonchev–Trinajstić information content (AvgIpc) is 3.45. The highest BCUT2D eigenvalue weighted by atomic mass is 19.4. The molecule has 1 N–H and O–H groups in total. The summed E-state index contributed by atoms with van der Waals surface area (Å²) in [7, 11) is 1.57. The first kappa shape index (κ1) is 28.6. The number of aryl methyl sites for hydroxylation is 1. The summed E-state index contributed by atoms with van der Waals surface area (Å²) < 4.78 is 86.9. The van der Waals surface area contributed by atoms with Gasteiger partial charge in [-0.05, 0) is 90.4 Å². The molecule has 14 heteroatoms. The fourth-order valence-corrected chi connectivity index (χ4v) is 6.37. The van der Waals surface area contributed by atoms with Gasteiger partial charge in [0.2, 0.25) is 0 Å². The molecule has 1 aromatic heterocycles. The van der Waals surface area contributed by atoms with Gasteiger partial charge in [-0.3, -0.25) is 9.53 Å². The smallest absolute Gasteiger partial charge is 0.307 e. The molecule has 2 heterocycles. The number of halogens is 6. The maximum Gasteiger partial charge on any atom is 0.522 e. The van der Waals surface area contributed by atoms with Crippen LogP contribution in [0.2, 0.25) is 0 Å². The molecule has 0 spiro atoms. The second-order valence-electron chi connectivity index (χ2n) is 11.7. The van der Waals surface area contributed by atoms with E-state index in [0.29, 0.717) is 22.6 Å². The lowest BCUT2D eigenvalue weighted by molar-refractivity contribution is -0.354. The molecule has 2 aromatic carbocycles. The molecule has 8 nitrogen and oxygen atoms in total. The Labute approximate surface area is 237 Å². The van der Waals surface area contributed by atoms with Crippen LogP contribution in [0.4, 0.5) is 32.0 Å². The van der Waals surface area contributed by atoms with Gasteiger partial charge in [-0.2, -0.15) is 13.2 Å². The van der Waals surface area contributed by atoms with Crippen LogP contribution in [-0.4, -0.2) is 44.1 Å². The number of nitrogens with one attached hydrogen (secondary N) is 1. The molecule has 6 rings (SSSR count). The van der Waals surface area contributed by atoms with Crippen molar-refractivity contribution in [3.8, 4) is 0 Å². The second-order valence-corrected chi connectivity index (χ2v) is 11.7. The number of nitrogens with zero attached hydrogens (tertiary/aromatic N) is 5. The van der Waals surface area contributed by atoms with Crippen LogP contribution >= 0.6 is 0 Å². The molecule has 2 saturated carbocycles. The zero-order valence-corrected chi connectivity index (χ0v) is 22.8. The van der Waals surface area contributed by atoms with E-state index in [1.165, 1.54) is 15.6 Å². The van der Waals surface area contributed by atoms with Crippen molar-refractivity contribution in [2.75, 3.05) is 4.90 Å². The summed E-state index contributed by atoms with van der Waals surface area (Å²) in [6.07, 6.45) is -7.85. The van der Waals surface area contributed by atoms with Crippen molar-refractivity contribution >= 4 is 11.6 Å². The third-order valence-corrected chi connectivity index (χ3v) is 8.79. The fraction of sp³-hybridized carbons (Fsp3) is 0.500. The predicted molar refractivity (Wildman–Crippen MR) is 137 cm³/mol. The van der Waals surface area contributed by atoms with E-state index in [9.17, 15) is 31.1 Å². The monoisotopic (exact) mass is 594 g/mol. The van der Waals surface area contributed by atoms with E-state index in [1.807, 2.05) is 6.92 Å². The maximum atomic E-state index is 14.2. The van der Waals surface area contributed by atoms with Gasteiger partial charge < -0.3 is 10.2 Å². The van der Waals surface area contributed by atoms with Crippen LogP contribution in [0.5, 0.6) is 0 Å². The van der Waals surface area contributed by atoms with Crippen LogP contribution in [0.3, 0.4) is 0 Å². The van der Waals surface area contributed by atoms with Crippen molar-refractivity contribution in [2.45, 2.75) is 81.7 Å². The molecule has 1 amide bonds. The van der Waals surface area contributed by atoms with Crippen molar-refractivity contribution in [1.82, 2.24) is 25.5 Å². The van der Waals surface area contributed by atoms with Gasteiger partial charge in [0.1, 0.15) is 0 Å². The molecule has 224 valence electrons. The molecule has 2 fully saturated rings. The molecule has 3 aromatic rings. The van der Waals surface area contributed by atoms with Gasteiger partial charge in [0.05, 0.1) is 23.6 Å². The van der Waals surface area contributed by atoms with Crippen molar-refractivity contribution < 1.29 is 35.9 Å². The van der Waals surface area contributed by atoms with Crippen molar-refractivity contribution in [2.24, 2.45) is 7.05 Å². The quantitative estimate of drug-likeness (QED) is 0.369. The van der Waals surface area contributed by atoms with Crippen LogP contribution in [0.15, 0.2) is 36.4 Å². The maximum absolute atomic E-state index is 14.2. The summed E-state index contributed by atoms with van der Waals surface area (Å²) in [5, 5.41) is 14.8. The third kappa shape index (κ3) is 5.04. The van der Waals surface area contributed by atoms with Crippen LogP contribution < -0.4 is 10.2 Å². The summed E-state index contributed by atoms with van der Waals surface area (Å²) in [5.41, 5.74) is -0.934. The number of carbonyl (C=O) groups is 1. The van der Waals surface area contributed by atoms with E-state index in [0.717, 1.165) is 25.3 Å². The van der Waals surface area contributed by atoms with Crippen LogP contribution in [0, 0.1) is 0 Å². The molecule has 0 saturated heterocycles. The van der Waals surface area contributed by atoms with Crippen LogP contribution in [0.25, 0.3) is 0 Å². The number of anilines is 1. The number of alkyl halides is 6. The van der Waals surface area contributed by atoms with Crippen molar-refractivity contribution in [3.63, 3.8) is 0 Å². The van der Waals surface area contributed by atoms with Crippen molar-refractivity contribution in [1.29, 1.82) is 0 Å². The Hall–Kier alpha value is -3.52. The Balaban J connectivity index is 1.32. The number of fused-ring (bicyclic) bond motifs is 1. The SMILES string of the molecule is Cn1nnnc1C1(c2cccc(N3Cc4c(cc(CNC5(C)CCC5)cc4C(F)(F)F)C3=O)c2)CC(OC(F)(F)F)C1. The molecule has 2 aliphatic carbocycles. The first-order valence-electron chi connectivity index (χ1n) is 13.6. The van der Waals surface area contributed by atoms with Gasteiger partial charge >= 0.3 is 12.5 Å². The number of hydrogen-bond donors (Lipinski definition) is 1. The molecule has 0 unspecified atom stereocenters. The van der Waals surface area contributed by atoms with Gasteiger partial charge in [-0.25, -0.2) is 4.68 Å². The number of ether oxygens (including phenoxy) is 1. The second kappa shape index (κ2) is 9.76. The Morgan fingerprint density at radius 2 is 1.83 bits per heavy atom. The zero-order valence-electron chi connectivity index (χ0n) is 22.8. The lowest BCUT2D eigenvalue weighted by Crippen LogP contribution is -2.50. The highest BCUT2D eigenvalue weighted by Crippen LogP contribution is 2.51. The number of aromatic nitrogens is 4. The Kier molecular flexibility index (Phi) is 6.65. The first-order valence-corrected chi connectivity index (χ1v) is 13.6. The van der Waals surface area contributed by atoms with Gasteiger partial charge in [0.25, 0.3) is 5.91 Å². The largest absolute Gasteiger partial charge is 0.522 e. The summed E-state index contributed by atoms with van der Waals surface area (Å²) >= 11 is 0. The number of rotatable bonds is 7. The minimum atomic E-state index is -4.81. The number of hydrogen-bond acceptors (Lipinski definition) is 6. The summed E-state index contributed by atoms with van der Waals surface area (Å²) in [6.45, 7) is 1.93. The minimum absolute atomic E-state index is 0.0136. The van der Waals surface area contributed by atoms with Gasteiger partial charge in [-0.1, -0.05) is 12.1 Å². The highest BCUT2D eigenvalue weighted by Gasteiger charge is 2.54. The lowest BCUT2D eigenvalue weighted by Gasteiger charge is -2.46. The highest BCUT2D eigenvalue weighted by molar-refractivity contribution is 6.10.